The molecule has 1 heterocycles. The van der Waals surface area contributed by atoms with E-state index in [0.29, 0.717) is 24.4 Å². The molecule has 6 heteroatoms. The zero-order valence-corrected chi connectivity index (χ0v) is 11.9. The lowest BCUT2D eigenvalue weighted by atomic mass is 10.2. The molecule has 0 unspecified atom stereocenters. The van der Waals surface area contributed by atoms with Gasteiger partial charge >= 0.3 is 0 Å². The van der Waals surface area contributed by atoms with Crippen LogP contribution >= 0.6 is 11.6 Å². The maximum atomic E-state index is 11.8. The molecular formula is C13H20ClN3O2. The molecule has 0 radical (unpaired) electrons. The van der Waals surface area contributed by atoms with E-state index in [-0.39, 0.29) is 11.1 Å². The predicted octanol–water partition coefficient (Wildman–Crippen LogP) is 2.25. The van der Waals surface area contributed by atoms with Crippen LogP contribution in [0, 0.1) is 0 Å². The summed E-state index contributed by atoms with van der Waals surface area (Å²) in [5.41, 5.74) is 6.28. The zero-order chi connectivity index (χ0) is 14.1. The van der Waals surface area contributed by atoms with Gasteiger partial charge in [-0.1, -0.05) is 24.9 Å². The molecule has 106 valence electrons. The maximum absolute atomic E-state index is 11.8. The number of ether oxygens (including phenoxy) is 1. The van der Waals surface area contributed by atoms with Crippen molar-refractivity contribution in [2.45, 2.75) is 26.2 Å². The fraction of sp³-hybridized carbons (Fsp3) is 0.538. The first-order valence-corrected chi connectivity index (χ1v) is 6.80. The average Bonchev–Trinajstić information content (AvgIpc) is 2.40. The number of nitrogen functional groups attached to an aromatic ring is 1. The number of amides is 1. The van der Waals surface area contributed by atoms with Crippen LogP contribution in [0.4, 0.5) is 5.69 Å². The quantitative estimate of drug-likeness (QED) is 0.567. The van der Waals surface area contributed by atoms with E-state index in [0.717, 1.165) is 25.9 Å². The van der Waals surface area contributed by atoms with Gasteiger partial charge < -0.3 is 15.8 Å². The molecular weight excluding hydrogens is 266 g/mol. The van der Waals surface area contributed by atoms with E-state index in [1.165, 1.54) is 12.3 Å². The molecule has 0 aliphatic carbocycles. The predicted molar refractivity (Wildman–Crippen MR) is 76.3 cm³/mol. The largest absolute Gasteiger partial charge is 0.397 e. The summed E-state index contributed by atoms with van der Waals surface area (Å²) in [7, 11) is 0. The second-order valence-corrected chi connectivity index (χ2v) is 4.54. The highest BCUT2D eigenvalue weighted by atomic mass is 35.5. The molecule has 5 nitrogen and oxygen atoms in total. The summed E-state index contributed by atoms with van der Waals surface area (Å²) in [5.74, 6) is -0.265. The number of rotatable bonds is 8. The summed E-state index contributed by atoms with van der Waals surface area (Å²) >= 11 is 5.84. The summed E-state index contributed by atoms with van der Waals surface area (Å²) in [6.45, 7) is 4.07. The lowest BCUT2D eigenvalue weighted by Gasteiger charge is -2.07. The molecule has 1 amide bonds. The monoisotopic (exact) mass is 285 g/mol. The molecule has 0 aliphatic rings. The van der Waals surface area contributed by atoms with Gasteiger partial charge in [0, 0.05) is 19.8 Å². The first kappa shape index (κ1) is 15.7. The van der Waals surface area contributed by atoms with Crippen molar-refractivity contribution in [3.05, 3.63) is 23.0 Å². The third-order valence-corrected chi connectivity index (χ3v) is 2.80. The number of carbonyl (C=O) groups is 1. The molecule has 0 aliphatic heterocycles. The Balaban J connectivity index is 2.26. The minimum absolute atomic E-state index is 0.158. The van der Waals surface area contributed by atoms with Crippen LogP contribution < -0.4 is 11.1 Å². The molecule has 0 atom stereocenters. The van der Waals surface area contributed by atoms with Crippen molar-refractivity contribution >= 4 is 23.2 Å². The third-order valence-electron chi connectivity index (χ3n) is 2.50. The standard InChI is InChI=1S/C13H20ClN3O2/c1-2-3-6-19-7-4-5-16-13(18)11-8-10(15)9-17-12(11)14/h8-9H,2-7,15H2,1H3,(H,16,18). The molecule has 0 saturated heterocycles. The summed E-state index contributed by atoms with van der Waals surface area (Å²) in [5, 5.41) is 2.92. The third kappa shape index (κ3) is 5.89. The Hall–Kier alpha value is -1.33. The van der Waals surface area contributed by atoms with Crippen LogP contribution in [0.25, 0.3) is 0 Å². The topological polar surface area (TPSA) is 77.2 Å². The van der Waals surface area contributed by atoms with Crippen molar-refractivity contribution in [2.24, 2.45) is 0 Å². The Labute approximate surface area is 118 Å². The number of nitrogens with one attached hydrogen (secondary N) is 1. The number of unbranched alkanes of at least 4 members (excludes halogenated alkanes) is 1. The molecule has 1 aromatic rings. The van der Waals surface area contributed by atoms with Crippen molar-refractivity contribution in [2.75, 3.05) is 25.5 Å². The van der Waals surface area contributed by atoms with E-state index in [4.69, 9.17) is 22.1 Å². The number of pyridine rings is 1. The Kier molecular flexibility index (Phi) is 7.22. The Bertz CT molecular complexity index is 413. The van der Waals surface area contributed by atoms with E-state index in [1.54, 1.807) is 0 Å². The van der Waals surface area contributed by atoms with Gasteiger partial charge in [0.25, 0.3) is 5.91 Å². The highest BCUT2D eigenvalue weighted by molar-refractivity contribution is 6.32. The minimum Gasteiger partial charge on any atom is -0.397 e. The lowest BCUT2D eigenvalue weighted by molar-refractivity contribution is 0.0940. The van der Waals surface area contributed by atoms with Gasteiger partial charge in [0.05, 0.1) is 17.4 Å². The van der Waals surface area contributed by atoms with Gasteiger partial charge in [-0.3, -0.25) is 4.79 Å². The molecule has 0 spiro atoms. The number of nitrogens with zero attached hydrogens (tertiary/aromatic N) is 1. The number of hydrogen-bond acceptors (Lipinski definition) is 4. The van der Waals surface area contributed by atoms with Crippen molar-refractivity contribution in [1.29, 1.82) is 0 Å². The first-order valence-electron chi connectivity index (χ1n) is 6.42. The molecule has 0 aromatic carbocycles. The summed E-state index contributed by atoms with van der Waals surface area (Å²) in [6, 6.07) is 1.52. The van der Waals surface area contributed by atoms with E-state index in [9.17, 15) is 4.79 Å². The fourth-order valence-electron chi connectivity index (χ4n) is 1.44. The minimum atomic E-state index is -0.265. The molecule has 0 saturated carbocycles. The number of carbonyl (C=O) groups excluding carboxylic acids is 1. The van der Waals surface area contributed by atoms with Gasteiger partial charge in [-0.05, 0) is 18.9 Å². The van der Waals surface area contributed by atoms with Gasteiger partial charge in [-0.25, -0.2) is 4.98 Å². The number of aromatic nitrogens is 1. The number of hydrogen-bond donors (Lipinski definition) is 2. The van der Waals surface area contributed by atoms with Crippen LogP contribution in [-0.4, -0.2) is 30.6 Å². The zero-order valence-electron chi connectivity index (χ0n) is 11.1. The van der Waals surface area contributed by atoms with Crippen LogP contribution in [-0.2, 0) is 4.74 Å². The molecule has 19 heavy (non-hydrogen) atoms. The van der Waals surface area contributed by atoms with E-state index >= 15 is 0 Å². The molecule has 1 aromatic heterocycles. The normalized spacial score (nSPS) is 10.4. The maximum Gasteiger partial charge on any atom is 0.254 e. The van der Waals surface area contributed by atoms with E-state index < -0.39 is 0 Å². The molecule has 0 bridgehead atoms. The van der Waals surface area contributed by atoms with Crippen molar-refractivity contribution in [3.63, 3.8) is 0 Å². The van der Waals surface area contributed by atoms with Gasteiger partial charge in [-0.2, -0.15) is 0 Å². The SMILES string of the molecule is CCCCOCCCNC(=O)c1cc(N)cnc1Cl. The van der Waals surface area contributed by atoms with Crippen molar-refractivity contribution < 1.29 is 9.53 Å². The lowest BCUT2D eigenvalue weighted by Crippen LogP contribution is -2.26. The summed E-state index contributed by atoms with van der Waals surface area (Å²) < 4.78 is 5.39. The average molecular weight is 286 g/mol. The van der Waals surface area contributed by atoms with Crippen LogP contribution in [0.5, 0.6) is 0 Å². The fourth-order valence-corrected chi connectivity index (χ4v) is 1.63. The summed E-state index contributed by atoms with van der Waals surface area (Å²) in [4.78, 5) is 15.7. The van der Waals surface area contributed by atoms with E-state index in [2.05, 4.69) is 17.2 Å². The summed E-state index contributed by atoms with van der Waals surface area (Å²) in [6.07, 6.45) is 4.37. The van der Waals surface area contributed by atoms with Crippen LogP contribution in [0.2, 0.25) is 5.15 Å². The smallest absolute Gasteiger partial charge is 0.254 e. The van der Waals surface area contributed by atoms with Crippen LogP contribution in [0.3, 0.4) is 0 Å². The molecule has 3 N–H and O–H groups in total. The number of halogens is 1. The van der Waals surface area contributed by atoms with Crippen molar-refractivity contribution in [1.82, 2.24) is 10.3 Å². The highest BCUT2D eigenvalue weighted by Crippen LogP contribution is 2.15. The number of anilines is 1. The van der Waals surface area contributed by atoms with Gasteiger partial charge in [-0.15, -0.1) is 0 Å². The first-order chi connectivity index (χ1) is 9.15. The van der Waals surface area contributed by atoms with Crippen LogP contribution in [0.15, 0.2) is 12.3 Å². The highest BCUT2D eigenvalue weighted by Gasteiger charge is 2.11. The Morgan fingerprint density at radius 1 is 1.47 bits per heavy atom. The Morgan fingerprint density at radius 3 is 2.95 bits per heavy atom. The second-order valence-electron chi connectivity index (χ2n) is 4.18. The number of nitrogens with two attached hydrogens (primary N) is 1. The van der Waals surface area contributed by atoms with Gasteiger partial charge in [0.2, 0.25) is 0 Å². The van der Waals surface area contributed by atoms with Gasteiger partial charge in [0.1, 0.15) is 5.15 Å². The molecule has 0 fully saturated rings. The van der Waals surface area contributed by atoms with Crippen molar-refractivity contribution in [3.8, 4) is 0 Å². The molecule has 1 rings (SSSR count). The van der Waals surface area contributed by atoms with Crippen LogP contribution in [0.1, 0.15) is 36.5 Å². The second kappa shape index (κ2) is 8.72. The Morgan fingerprint density at radius 2 is 2.21 bits per heavy atom. The van der Waals surface area contributed by atoms with Gasteiger partial charge in [0.15, 0.2) is 0 Å². The van der Waals surface area contributed by atoms with E-state index in [1.807, 2.05) is 0 Å².